The van der Waals surface area contributed by atoms with Crippen molar-refractivity contribution in [2.24, 2.45) is 0 Å². The van der Waals surface area contributed by atoms with Crippen LogP contribution in [0, 0.1) is 5.82 Å². The number of para-hydroxylation sites is 1. The first-order chi connectivity index (χ1) is 8.19. The molecule has 90 valence electrons. The minimum atomic E-state index is -0.419. The van der Waals surface area contributed by atoms with Crippen LogP contribution in [0.5, 0.6) is 0 Å². The number of carbonyl (C=O) groups excluding carboxylic acids is 1. The van der Waals surface area contributed by atoms with Gasteiger partial charge in [0.05, 0.1) is 0 Å². The van der Waals surface area contributed by atoms with Gasteiger partial charge in [-0.05, 0) is 19.9 Å². The Kier molecular flexibility index (Phi) is 3.08. The lowest BCUT2D eigenvalue weighted by Crippen LogP contribution is -2.30. The lowest BCUT2D eigenvalue weighted by atomic mass is 10.2. The van der Waals surface area contributed by atoms with Gasteiger partial charge in [0.25, 0.3) is 5.91 Å². The molecule has 1 aromatic carbocycles. The van der Waals surface area contributed by atoms with Gasteiger partial charge in [0, 0.05) is 18.5 Å². The summed E-state index contributed by atoms with van der Waals surface area (Å²) in [5, 5.41) is 6.99. The van der Waals surface area contributed by atoms with Crippen LogP contribution >= 0.6 is 0 Å². The molecule has 1 aromatic heterocycles. The van der Waals surface area contributed by atoms with E-state index >= 15 is 0 Å². The molecule has 1 N–H and O–H groups in total. The molecule has 5 heteroatoms. The molecule has 0 aliphatic carbocycles. The van der Waals surface area contributed by atoms with Gasteiger partial charge < -0.3 is 4.90 Å². The van der Waals surface area contributed by atoms with Gasteiger partial charge in [0.15, 0.2) is 5.82 Å². The van der Waals surface area contributed by atoms with E-state index in [4.69, 9.17) is 0 Å². The summed E-state index contributed by atoms with van der Waals surface area (Å²) in [5.74, 6) is -0.569. The normalized spacial score (nSPS) is 10.8. The van der Waals surface area contributed by atoms with Crippen molar-refractivity contribution in [2.45, 2.75) is 13.8 Å². The summed E-state index contributed by atoms with van der Waals surface area (Å²) in [6.07, 6.45) is 0. The van der Waals surface area contributed by atoms with Crippen LogP contribution in [0.3, 0.4) is 0 Å². The number of nitrogens with zero attached hydrogens (tertiary/aromatic N) is 2. The van der Waals surface area contributed by atoms with E-state index in [0.717, 1.165) is 0 Å². The highest BCUT2D eigenvalue weighted by molar-refractivity contribution is 6.04. The summed E-state index contributed by atoms with van der Waals surface area (Å²) in [6.45, 7) is 5.04. The Morgan fingerprint density at radius 1 is 1.41 bits per heavy atom. The number of rotatable bonds is 3. The average molecular weight is 235 g/mol. The molecule has 0 saturated carbocycles. The monoisotopic (exact) mass is 235 g/mol. The Hall–Kier alpha value is -1.91. The smallest absolute Gasteiger partial charge is 0.272 e. The minimum Gasteiger partial charge on any atom is -0.338 e. The summed E-state index contributed by atoms with van der Waals surface area (Å²) in [6, 6.07) is 4.60. The Morgan fingerprint density at radius 2 is 2.12 bits per heavy atom. The molecule has 0 bridgehead atoms. The Morgan fingerprint density at radius 3 is 2.76 bits per heavy atom. The maximum absolute atomic E-state index is 13.4. The van der Waals surface area contributed by atoms with Crippen molar-refractivity contribution in [3.05, 3.63) is 29.7 Å². The van der Waals surface area contributed by atoms with E-state index in [1.165, 1.54) is 6.07 Å². The molecule has 2 rings (SSSR count). The standard InChI is InChI=1S/C12H14FN3O/c1-3-16(4-2)12(17)11-8-6-5-7-9(13)10(8)14-15-11/h5-7H,3-4H2,1-2H3,(H,14,15). The molecule has 0 unspecified atom stereocenters. The van der Waals surface area contributed by atoms with Crippen LogP contribution in [0.1, 0.15) is 24.3 Å². The number of hydrogen-bond donors (Lipinski definition) is 1. The minimum absolute atomic E-state index is 0.150. The van der Waals surface area contributed by atoms with Crippen LogP contribution in [0.4, 0.5) is 4.39 Å². The molecule has 0 radical (unpaired) electrons. The quantitative estimate of drug-likeness (QED) is 0.886. The highest BCUT2D eigenvalue weighted by atomic mass is 19.1. The number of hydrogen-bond acceptors (Lipinski definition) is 2. The summed E-state index contributed by atoms with van der Waals surface area (Å²) in [7, 11) is 0. The second-order valence-electron chi connectivity index (χ2n) is 3.71. The number of H-pyrrole nitrogens is 1. The van der Waals surface area contributed by atoms with Crippen LogP contribution in [0.2, 0.25) is 0 Å². The van der Waals surface area contributed by atoms with E-state index in [-0.39, 0.29) is 11.4 Å². The van der Waals surface area contributed by atoms with Gasteiger partial charge in [-0.1, -0.05) is 12.1 Å². The maximum atomic E-state index is 13.4. The molecule has 0 aliphatic rings. The van der Waals surface area contributed by atoms with Crippen molar-refractivity contribution < 1.29 is 9.18 Å². The lowest BCUT2D eigenvalue weighted by Gasteiger charge is -2.17. The molecule has 0 atom stereocenters. The van der Waals surface area contributed by atoms with E-state index in [9.17, 15) is 9.18 Å². The third-order valence-electron chi connectivity index (χ3n) is 2.80. The predicted octanol–water partition coefficient (Wildman–Crippen LogP) is 2.18. The van der Waals surface area contributed by atoms with Gasteiger partial charge in [-0.25, -0.2) is 4.39 Å². The fraction of sp³-hybridized carbons (Fsp3) is 0.333. The molecule has 1 heterocycles. The van der Waals surface area contributed by atoms with Crippen molar-refractivity contribution in [1.82, 2.24) is 15.1 Å². The predicted molar refractivity (Wildman–Crippen MR) is 63.3 cm³/mol. The molecule has 0 saturated heterocycles. The zero-order valence-electron chi connectivity index (χ0n) is 9.83. The van der Waals surface area contributed by atoms with Crippen LogP contribution in [0.25, 0.3) is 10.9 Å². The highest BCUT2D eigenvalue weighted by Gasteiger charge is 2.19. The number of carbonyl (C=O) groups is 1. The number of amides is 1. The molecule has 0 aliphatic heterocycles. The Labute approximate surface area is 98.4 Å². The van der Waals surface area contributed by atoms with Gasteiger partial charge in [0.2, 0.25) is 0 Å². The average Bonchev–Trinajstić information content (AvgIpc) is 2.75. The van der Waals surface area contributed by atoms with Crippen molar-refractivity contribution >= 4 is 16.8 Å². The Balaban J connectivity index is 2.49. The number of halogens is 1. The van der Waals surface area contributed by atoms with Gasteiger partial charge in [-0.15, -0.1) is 0 Å². The van der Waals surface area contributed by atoms with Crippen LogP contribution in [-0.4, -0.2) is 34.1 Å². The summed E-state index contributed by atoms with van der Waals surface area (Å²) < 4.78 is 13.4. The molecule has 2 aromatic rings. The first-order valence-electron chi connectivity index (χ1n) is 5.60. The second-order valence-corrected chi connectivity index (χ2v) is 3.71. The third kappa shape index (κ3) is 1.88. The Bertz CT molecular complexity index is 546. The van der Waals surface area contributed by atoms with E-state index in [1.807, 2.05) is 13.8 Å². The number of nitrogens with one attached hydrogen (secondary N) is 1. The van der Waals surface area contributed by atoms with E-state index in [1.54, 1.807) is 17.0 Å². The number of aromatic nitrogens is 2. The summed E-state index contributed by atoms with van der Waals surface area (Å²) >= 11 is 0. The molecule has 0 spiro atoms. The number of fused-ring (bicyclic) bond motifs is 1. The maximum Gasteiger partial charge on any atom is 0.272 e. The number of benzene rings is 1. The van der Waals surface area contributed by atoms with E-state index in [2.05, 4.69) is 10.2 Å². The van der Waals surface area contributed by atoms with Crippen molar-refractivity contribution in [3.8, 4) is 0 Å². The van der Waals surface area contributed by atoms with Gasteiger partial charge in [-0.2, -0.15) is 5.10 Å². The molecule has 4 nitrogen and oxygen atoms in total. The van der Waals surface area contributed by atoms with Crippen LogP contribution < -0.4 is 0 Å². The SMILES string of the molecule is CCN(CC)C(=O)c1[nH]nc2c(F)cccc12. The number of aromatic amines is 1. The molecule has 0 fully saturated rings. The summed E-state index contributed by atoms with van der Waals surface area (Å²) in [5.41, 5.74) is 0.561. The first-order valence-corrected chi connectivity index (χ1v) is 5.60. The first kappa shape index (κ1) is 11.6. The largest absolute Gasteiger partial charge is 0.338 e. The third-order valence-corrected chi connectivity index (χ3v) is 2.80. The van der Waals surface area contributed by atoms with Crippen LogP contribution in [0.15, 0.2) is 18.2 Å². The van der Waals surface area contributed by atoms with Gasteiger partial charge in [-0.3, -0.25) is 9.89 Å². The fourth-order valence-electron chi connectivity index (χ4n) is 1.83. The zero-order valence-corrected chi connectivity index (χ0v) is 9.83. The van der Waals surface area contributed by atoms with E-state index < -0.39 is 5.82 Å². The highest BCUT2D eigenvalue weighted by Crippen LogP contribution is 2.19. The van der Waals surface area contributed by atoms with Gasteiger partial charge in [0.1, 0.15) is 11.2 Å². The second kappa shape index (κ2) is 4.53. The van der Waals surface area contributed by atoms with E-state index in [0.29, 0.717) is 24.2 Å². The lowest BCUT2D eigenvalue weighted by molar-refractivity contribution is 0.0769. The zero-order chi connectivity index (χ0) is 12.4. The van der Waals surface area contributed by atoms with Crippen molar-refractivity contribution in [1.29, 1.82) is 0 Å². The topological polar surface area (TPSA) is 49.0 Å². The van der Waals surface area contributed by atoms with Crippen molar-refractivity contribution in [2.75, 3.05) is 13.1 Å². The molecule has 17 heavy (non-hydrogen) atoms. The molecular weight excluding hydrogens is 221 g/mol. The van der Waals surface area contributed by atoms with Crippen molar-refractivity contribution in [3.63, 3.8) is 0 Å². The fourth-order valence-corrected chi connectivity index (χ4v) is 1.83. The summed E-state index contributed by atoms with van der Waals surface area (Å²) in [4.78, 5) is 13.8. The van der Waals surface area contributed by atoms with Crippen LogP contribution in [-0.2, 0) is 0 Å². The molecule has 1 amide bonds. The molecular formula is C12H14FN3O. The van der Waals surface area contributed by atoms with Gasteiger partial charge >= 0.3 is 0 Å².